The van der Waals surface area contributed by atoms with Crippen LogP contribution in [-0.4, -0.2) is 29.9 Å². The first kappa shape index (κ1) is 23.5. The van der Waals surface area contributed by atoms with Gasteiger partial charge in [0.05, 0.1) is 18.0 Å². The minimum Gasteiger partial charge on any atom is -0.493 e. The second-order valence-corrected chi connectivity index (χ2v) is 9.39. The van der Waals surface area contributed by atoms with Gasteiger partial charge in [-0.2, -0.15) is 0 Å². The lowest BCUT2D eigenvalue weighted by molar-refractivity contribution is 0.211. The highest BCUT2D eigenvalue weighted by molar-refractivity contribution is 9.10. The Morgan fingerprint density at radius 1 is 1.06 bits per heavy atom. The average Bonchev–Trinajstić information content (AvgIpc) is 3.25. The number of fused-ring (bicyclic) bond motifs is 2. The molecule has 0 atom stereocenters. The van der Waals surface area contributed by atoms with Gasteiger partial charge in [-0.05, 0) is 72.2 Å². The van der Waals surface area contributed by atoms with Crippen molar-refractivity contribution in [3.8, 4) is 17.2 Å². The van der Waals surface area contributed by atoms with Gasteiger partial charge in [0.15, 0.2) is 11.5 Å². The zero-order valence-electron chi connectivity index (χ0n) is 19.0. The third-order valence-corrected chi connectivity index (χ3v) is 6.47. The molecule has 0 unspecified atom stereocenters. The molecular formula is C27H22BrClN2O4. The van der Waals surface area contributed by atoms with Gasteiger partial charge in [0, 0.05) is 16.0 Å². The monoisotopic (exact) mass is 552 g/mol. The van der Waals surface area contributed by atoms with Crippen molar-refractivity contribution in [2.75, 3.05) is 20.3 Å². The number of allylic oxidation sites excluding steroid dienone is 1. The molecule has 8 heteroatoms. The summed E-state index contributed by atoms with van der Waals surface area (Å²) in [5.74, 6) is 2.72. The van der Waals surface area contributed by atoms with E-state index in [-0.39, 0.29) is 5.56 Å². The highest BCUT2D eigenvalue weighted by Gasteiger charge is 2.21. The molecule has 178 valence electrons. The predicted octanol–water partition coefficient (Wildman–Crippen LogP) is 6.22. The maximum Gasteiger partial charge on any atom is 0.261 e. The molecule has 35 heavy (non-hydrogen) atoms. The van der Waals surface area contributed by atoms with E-state index < -0.39 is 0 Å². The highest BCUT2D eigenvalue weighted by Crippen LogP contribution is 2.32. The SMILES string of the molecule is COc1cc(/C=C2\CCn3c2nc2ccc(Cl)cc2c3=O)ccc1OCCOc1cccc(Br)c1. The van der Waals surface area contributed by atoms with Crippen molar-refractivity contribution in [3.05, 3.63) is 91.9 Å². The van der Waals surface area contributed by atoms with Gasteiger partial charge in [-0.1, -0.05) is 39.7 Å². The van der Waals surface area contributed by atoms with E-state index >= 15 is 0 Å². The van der Waals surface area contributed by atoms with E-state index in [4.69, 9.17) is 30.8 Å². The summed E-state index contributed by atoms with van der Waals surface area (Å²) in [5, 5.41) is 1.06. The topological polar surface area (TPSA) is 62.6 Å². The molecule has 1 aromatic heterocycles. The van der Waals surface area contributed by atoms with Crippen molar-refractivity contribution < 1.29 is 14.2 Å². The van der Waals surface area contributed by atoms with Crippen LogP contribution in [0.25, 0.3) is 22.6 Å². The quantitative estimate of drug-likeness (QED) is 0.254. The normalized spacial score (nSPS) is 13.7. The summed E-state index contributed by atoms with van der Waals surface area (Å²) in [6, 6.07) is 18.6. The van der Waals surface area contributed by atoms with Crippen molar-refractivity contribution in [1.82, 2.24) is 9.55 Å². The van der Waals surface area contributed by atoms with Crippen LogP contribution in [0.3, 0.4) is 0 Å². The van der Waals surface area contributed by atoms with Crippen molar-refractivity contribution >= 4 is 50.1 Å². The van der Waals surface area contributed by atoms with Crippen molar-refractivity contribution in [2.45, 2.75) is 13.0 Å². The van der Waals surface area contributed by atoms with E-state index in [1.54, 1.807) is 29.9 Å². The summed E-state index contributed by atoms with van der Waals surface area (Å²) in [7, 11) is 1.61. The highest BCUT2D eigenvalue weighted by atomic mass is 79.9. The first-order chi connectivity index (χ1) is 17.0. The zero-order chi connectivity index (χ0) is 24.4. The molecule has 0 bridgehead atoms. The fraction of sp³-hybridized carbons (Fsp3) is 0.185. The lowest BCUT2D eigenvalue weighted by Crippen LogP contribution is -2.20. The molecular weight excluding hydrogens is 532 g/mol. The molecule has 1 aliphatic heterocycles. The third-order valence-electron chi connectivity index (χ3n) is 5.74. The molecule has 0 fully saturated rings. The zero-order valence-corrected chi connectivity index (χ0v) is 21.3. The number of methoxy groups -OCH3 is 1. The van der Waals surface area contributed by atoms with Gasteiger partial charge in [-0.3, -0.25) is 9.36 Å². The van der Waals surface area contributed by atoms with E-state index in [9.17, 15) is 4.79 Å². The molecule has 6 nitrogen and oxygen atoms in total. The Morgan fingerprint density at radius 2 is 1.91 bits per heavy atom. The van der Waals surface area contributed by atoms with Crippen LogP contribution in [0.15, 0.2) is 69.9 Å². The number of aromatic nitrogens is 2. The van der Waals surface area contributed by atoms with Gasteiger partial charge >= 0.3 is 0 Å². The van der Waals surface area contributed by atoms with Gasteiger partial charge < -0.3 is 14.2 Å². The Balaban J connectivity index is 1.33. The van der Waals surface area contributed by atoms with Gasteiger partial charge in [0.1, 0.15) is 24.8 Å². The predicted molar refractivity (Wildman–Crippen MR) is 142 cm³/mol. The lowest BCUT2D eigenvalue weighted by atomic mass is 10.1. The molecule has 2 heterocycles. The largest absolute Gasteiger partial charge is 0.493 e. The number of hydrogen-bond acceptors (Lipinski definition) is 5. The summed E-state index contributed by atoms with van der Waals surface area (Å²) in [5.41, 5.74) is 2.51. The number of halogens is 2. The number of ether oxygens (including phenoxy) is 3. The average molecular weight is 554 g/mol. The van der Waals surface area contributed by atoms with Gasteiger partial charge in [-0.15, -0.1) is 0 Å². The summed E-state index contributed by atoms with van der Waals surface area (Å²) in [6.07, 6.45) is 2.76. The van der Waals surface area contributed by atoms with Crippen molar-refractivity contribution in [2.24, 2.45) is 0 Å². The summed E-state index contributed by atoms with van der Waals surface area (Å²) in [4.78, 5) is 17.7. The van der Waals surface area contributed by atoms with E-state index in [1.807, 2.05) is 48.5 Å². The van der Waals surface area contributed by atoms with Crippen LogP contribution in [0.1, 0.15) is 17.8 Å². The Kier molecular flexibility index (Phi) is 6.79. The maximum atomic E-state index is 12.9. The fourth-order valence-corrected chi connectivity index (χ4v) is 4.64. The Bertz CT molecular complexity index is 1500. The third kappa shape index (κ3) is 5.06. The minimum atomic E-state index is -0.0673. The number of nitrogens with zero attached hydrogens (tertiary/aromatic N) is 2. The van der Waals surface area contributed by atoms with Crippen LogP contribution in [0, 0.1) is 0 Å². The van der Waals surface area contributed by atoms with Crippen molar-refractivity contribution in [3.63, 3.8) is 0 Å². The first-order valence-electron chi connectivity index (χ1n) is 11.1. The molecule has 0 aliphatic carbocycles. The summed E-state index contributed by atoms with van der Waals surface area (Å²) in [6.45, 7) is 1.37. The van der Waals surface area contributed by atoms with Crippen LogP contribution in [0.2, 0.25) is 5.02 Å². The lowest BCUT2D eigenvalue weighted by Gasteiger charge is -2.12. The second-order valence-electron chi connectivity index (χ2n) is 8.04. The molecule has 0 amide bonds. The molecule has 0 radical (unpaired) electrons. The van der Waals surface area contributed by atoms with Crippen molar-refractivity contribution in [1.29, 1.82) is 0 Å². The number of benzene rings is 3. The molecule has 0 N–H and O–H groups in total. The van der Waals surface area contributed by atoms with Crippen LogP contribution >= 0.6 is 27.5 Å². The Hall–Kier alpha value is -3.29. The van der Waals surface area contributed by atoms with Gasteiger partial charge in [-0.25, -0.2) is 4.98 Å². The first-order valence-corrected chi connectivity index (χ1v) is 12.3. The minimum absolute atomic E-state index is 0.0673. The summed E-state index contributed by atoms with van der Waals surface area (Å²) >= 11 is 9.51. The maximum absolute atomic E-state index is 12.9. The van der Waals surface area contributed by atoms with Crippen LogP contribution in [0.4, 0.5) is 0 Å². The molecule has 5 rings (SSSR count). The Morgan fingerprint density at radius 3 is 2.74 bits per heavy atom. The summed E-state index contributed by atoms with van der Waals surface area (Å²) < 4.78 is 19.8. The Labute approximate surface area is 215 Å². The van der Waals surface area contributed by atoms with Gasteiger partial charge in [0.2, 0.25) is 0 Å². The molecule has 0 saturated heterocycles. The fourth-order valence-electron chi connectivity index (χ4n) is 4.09. The molecule has 1 aliphatic rings. The molecule has 4 aromatic rings. The standard InChI is InChI=1S/C27H22BrClN2O4/c1-33-25-14-17(5-8-24(25)35-12-11-34-21-4-2-3-19(28)15-21)13-18-9-10-31-26(18)30-23-7-6-20(29)16-22(23)27(31)32/h2-8,13-16H,9-12H2,1H3/b18-13+. The van der Waals surface area contributed by atoms with E-state index in [0.717, 1.165) is 27.8 Å². The van der Waals surface area contributed by atoms with Crippen LogP contribution in [0.5, 0.6) is 17.2 Å². The van der Waals surface area contributed by atoms with Crippen LogP contribution in [-0.2, 0) is 6.54 Å². The smallest absolute Gasteiger partial charge is 0.261 e. The molecule has 0 spiro atoms. The number of rotatable bonds is 7. The van der Waals surface area contributed by atoms with E-state index in [0.29, 0.717) is 53.0 Å². The number of hydrogen-bond donors (Lipinski definition) is 0. The molecule has 3 aromatic carbocycles. The van der Waals surface area contributed by atoms with E-state index in [1.165, 1.54) is 0 Å². The second kappa shape index (κ2) is 10.1. The van der Waals surface area contributed by atoms with E-state index in [2.05, 4.69) is 15.9 Å². The van der Waals surface area contributed by atoms with Crippen LogP contribution < -0.4 is 19.8 Å². The molecule has 0 saturated carbocycles. The van der Waals surface area contributed by atoms with Gasteiger partial charge in [0.25, 0.3) is 5.56 Å².